The summed E-state index contributed by atoms with van der Waals surface area (Å²) in [5.74, 6) is -0.0403. The molecule has 78 valence electrons. The zero-order valence-corrected chi connectivity index (χ0v) is 7.21. The number of non-ortho nitro benzene ring substituents is 1. The average Bonchev–Trinajstić information content (AvgIpc) is 2.62. The van der Waals surface area contributed by atoms with Crippen LogP contribution in [0.1, 0.15) is 0 Å². The fourth-order valence-corrected chi connectivity index (χ4v) is 1.22. The van der Waals surface area contributed by atoms with Crippen molar-refractivity contribution >= 4 is 11.4 Å². The van der Waals surface area contributed by atoms with E-state index >= 15 is 0 Å². The summed E-state index contributed by atoms with van der Waals surface area (Å²) in [5, 5.41) is 21.0. The molecular weight excluding hydrogens is 208 g/mol. The van der Waals surface area contributed by atoms with Gasteiger partial charge in [-0.15, -0.1) is 0 Å². The normalized spacial score (nSPS) is 12.5. The molecule has 0 fully saturated rings. The Morgan fingerprint density at radius 3 is 2.47 bits per heavy atom. The number of nitro benzene ring substituents is 2. The number of nitro groups is 2. The number of benzene rings is 1. The second-order valence-electron chi connectivity index (χ2n) is 2.71. The van der Waals surface area contributed by atoms with Gasteiger partial charge in [-0.25, -0.2) is 0 Å². The van der Waals surface area contributed by atoms with Crippen molar-refractivity contribution in [2.75, 3.05) is 6.79 Å². The van der Waals surface area contributed by atoms with Gasteiger partial charge in [0, 0.05) is 0 Å². The minimum Gasteiger partial charge on any atom is -0.453 e. The third kappa shape index (κ3) is 1.41. The van der Waals surface area contributed by atoms with Crippen molar-refractivity contribution in [1.29, 1.82) is 0 Å². The van der Waals surface area contributed by atoms with Crippen LogP contribution in [0.5, 0.6) is 11.5 Å². The number of rotatable bonds is 2. The highest BCUT2D eigenvalue weighted by Crippen LogP contribution is 2.43. The molecule has 0 bridgehead atoms. The molecule has 0 spiro atoms. The molecule has 0 saturated heterocycles. The van der Waals surface area contributed by atoms with Gasteiger partial charge in [0.15, 0.2) is 5.75 Å². The lowest BCUT2D eigenvalue weighted by Gasteiger charge is -1.97. The predicted molar refractivity (Wildman–Crippen MR) is 45.9 cm³/mol. The number of ether oxygens (including phenoxy) is 2. The molecule has 0 unspecified atom stereocenters. The summed E-state index contributed by atoms with van der Waals surface area (Å²) in [5.41, 5.74) is -0.859. The molecule has 1 aromatic carbocycles. The zero-order valence-electron chi connectivity index (χ0n) is 7.21. The van der Waals surface area contributed by atoms with Crippen LogP contribution in [0.4, 0.5) is 11.4 Å². The van der Waals surface area contributed by atoms with Crippen molar-refractivity contribution < 1.29 is 19.3 Å². The van der Waals surface area contributed by atoms with Crippen LogP contribution in [0.25, 0.3) is 0 Å². The molecular formula is C7H4N2O6. The Bertz CT molecular complexity index is 457. The Kier molecular flexibility index (Phi) is 1.89. The van der Waals surface area contributed by atoms with Gasteiger partial charge in [-0.05, 0) is 0 Å². The van der Waals surface area contributed by atoms with Crippen molar-refractivity contribution in [3.05, 3.63) is 32.4 Å². The van der Waals surface area contributed by atoms with Crippen molar-refractivity contribution in [2.45, 2.75) is 0 Å². The molecule has 1 aromatic rings. The monoisotopic (exact) mass is 212 g/mol. The van der Waals surface area contributed by atoms with Crippen molar-refractivity contribution in [2.24, 2.45) is 0 Å². The third-order valence-electron chi connectivity index (χ3n) is 1.85. The van der Waals surface area contributed by atoms with Gasteiger partial charge in [0.1, 0.15) is 0 Å². The van der Waals surface area contributed by atoms with Gasteiger partial charge in [-0.3, -0.25) is 20.2 Å². The van der Waals surface area contributed by atoms with Crippen molar-refractivity contribution in [3.63, 3.8) is 0 Å². The lowest BCUT2D eigenvalue weighted by atomic mass is 10.2. The van der Waals surface area contributed by atoms with Crippen LogP contribution in [-0.4, -0.2) is 16.6 Å². The summed E-state index contributed by atoms with van der Waals surface area (Å²) >= 11 is 0. The minimum atomic E-state index is -0.749. The van der Waals surface area contributed by atoms with Crippen molar-refractivity contribution in [3.8, 4) is 11.5 Å². The molecule has 0 atom stereocenters. The Morgan fingerprint density at radius 1 is 1.13 bits per heavy atom. The van der Waals surface area contributed by atoms with E-state index in [-0.39, 0.29) is 18.3 Å². The summed E-state index contributed by atoms with van der Waals surface area (Å²) < 4.78 is 9.69. The molecule has 0 radical (unpaired) electrons. The zero-order chi connectivity index (χ0) is 11.0. The Hall–Kier alpha value is -2.38. The van der Waals surface area contributed by atoms with E-state index in [2.05, 4.69) is 0 Å². The summed E-state index contributed by atoms with van der Waals surface area (Å²) in [6, 6.07) is 1.93. The fourth-order valence-electron chi connectivity index (χ4n) is 1.22. The molecule has 0 saturated carbocycles. The van der Waals surface area contributed by atoms with E-state index in [1.807, 2.05) is 0 Å². The minimum absolute atomic E-state index is 0.0240. The van der Waals surface area contributed by atoms with Crippen LogP contribution in [0.2, 0.25) is 0 Å². The van der Waals surface area contributed by atoms with E-state index in [1.54, 1.807) is 0 Å². The summed E-state index contributed by atoms with van der Waals surface area (Å²) in [4.78, 5) is 19.6. The maximum atomic E-state index is 10.6. The van der Waals surface area contributed by atoms with Gasteiger partial charge in [0.05, 0.1) is 22.0 Å². The largest absolute Gasteiger partial charge is 0.453 e. The van der Waals surface area contributed by atoms with Crippen LogP contribution in [-0.2, 0) is 0 Å². The van der Waals surface area contributed by atoms with E-state index in [0.717, 1.165) is 12.1 Å². The van der Waals surface area contributed by atoms with E-state index < -0.39 is 21.2 Å². The van der Waals surface area contributed by atoms with Crippen LogP contribution in [0.15, 0.2) is 12.1 Å². The third-order valence-corrected chi connectivity index (χ3v) is 1.85. The lowest BCUT2D eigenvalue weighted by molar-refractivity contribution is -0.394. The maximum Gasteiger partial charge on any atom is 0.321 e. The Balaban J connectivity index is 2.62. The molecule has 1 aliphatic heterocycles. The first kappa shape index (κ1) is 9.19. The number of fused-ring (bicyclic) bond motifs is 1. The number of hydrogen-bond donors (Lipinski definition) is 0. The first-order chi connectivity index (χ1) is 7.09. The van der Waals surface area contributed by atoms with Crippen LogP contribution in [0.3, 0.4) is 0 Å². The SMILES string of the molecule is O=[N+]([O-])c1cc2c(c([N+](=O)[O-])c1)OCO2. The summed E-state index contributed by atoms with van der Waals surface area (Å²) in [6.07, 6.45) is 0. The topological polar surface area (TPSA) is 105 Å². The quantitative estimate of drug-likeness (QED) is 0.539. The highest BCUT2D eigenvalue weighted by atomic mass is 16.7. The molecule has 15 heavy (non-hydrogen) atoms. The number of nitrogens with zero attached hydrogens (tertiary/aromatic N) is 2. The molecule has 8 heteroatoms. The van der Waals surface area contributed by atoms with Gasteiger partial charge < -0.3 is 9.47 Å². The molecule has 0 aliphatic carbocycles. The fraction of sp³-hybridized carbons (Fsp3) is 0.143. The van der Waals surface area contributed by atoms with E-state index in [4.69, 9.17) is 9.47 Å². The second kappa shape index (κ2) is 3.08. The molecule has 1 aliphatic rings. The van der Waals surface area contributed by atoms with Gasteiger partial charge >= 0.3 is 5.69 Å². The van der Waals surface area contributed by atoms with E-state index in [9.17, 15) is 20.2 Å². The standard InChI is InChI=1S/C7H4N2O6/c10-8(11)4-1-5(9(12)13)7-6(2-4)14-3-15-7/h1-2H,3H2. The molecule has 0 amide bonds. The second-order valence-corrected chi connectivity index (χ2v) is 2.71. The Labute approximate surface area is 82.3 Å². The molecule has 8 nitrogen and oxygen atoms in total. The van der Waals surface area contributed by atoms with Crippen LogP contribution < -0.4 is 9.47 Å². The van der Waals surface area contributed by atoms with E-state index in [1.165, 1.54) is 0 Å². The van der Waals surface area contributed by atoms with Crippen LogP contribution >= 0.6 is 0 Å². The van der Waals surface area contributed by atoms with E-state index in [0.29, 0.717) is 0 Å². The molecule has 1 heterocycles. The van der Waals surface area contributed by atoms with Gasteiger partial charge in [-0.2, -0.15) is 0 Å². The molecule has 0 aromatic heterocycles. The predicted octanol–water partition coefficient (Wildman–Crippen LogP) is 1.23. The van der Waals surface area contributed by atoms with Gasteiger partial charge in [0.25, 0.3) is 5.69 Å². The van der Waals surface area contributed by atoms with Gasteiger partial charge in [0.2, 0.25) is 12.5 Å². The van der Waals surface area contributed by atoms with Gasteiger partial charge in [-0.1, -0.05) is 0 Å². The highest BCUT2D eigenvalue weighted by molar-refractivity contribution is 5.62. The summed E-state index contributed by atoms with van der Waals surface area (Å²) in [6.45, 7) is -0.169. The summed E-state index contributed by atoms with van der Waals surface area (Å²) in [7, 11) is 0. The van der Waals surface area contributed by atoms with Crippen molar-refractivity contribution in [1.82, 2.24) is 0 Å². The Morgan fingerprint density at radius 2 is 1.87 bits per heavy atom. The van der Waals surface area contributed by atoms with Crippen LogP contribution in [0, 0.1) is 20.2 Å². The molecule has 2 rings (SSSR count). The smallest absolute Gasteiger partial charge is 0.321 e. The first-order valence-electron chi connectivity index (χ1n) is 3.82. The lowest BCUT2D eigenvalue weighted by Crippen LogP contribution is -1.95. The first-order valence-corrected chi connectivity index (χ1v) is 3.82. The highest BCUT2D eigenvalue weighted by Gasteiger charge is 2.29. The average molecular weight is 212 g/mol. The molecule has 0 N–H and O–H groups in total. The maximum absolute atomic E-state index is 10.6. The number of hydrogen-bond acceptors (Lipinski definition) is 6.